The molecule has 0 spiro atoms. The van der Waals surface area contributed by atoms with Gasteiger partial charge in [-0.1, -0.05) is 66.7 Å². The number of pyridine rings is 1. The third kappa shape index (κ3) is 5.06. The molecule has 6 nitrogen and oxygen atoms in total. The molecule has 0 fully saturated rings. The van der Waals surface area contributed by atoms with Gasteiger partial charge >= 0.3 is 0 Å². The Balaban J connectivity index is 1.28. The van der Waals surface area contributed by atoms with Gasteiger partial charge in [0, 0.05) is 34.6 Å². The van der Waals surface area contributed by atoms with Gasteiger partial charge in [-0.3, -0.25) is 9.78 Å². The normalized spacial score (nSPS) is 11.5. The molecular formula is C29H25N3O3S. The lowest BCUT2D eigenvalue weighted by molar-refractivity contribution is -0.121. The fourth-order valence-electron chi connectivity index (χ4n) is 4.21. The van der Waals surface area contributed by atoms with Gasteiger partial charge in [0.05, 0.1) is 17.1 Å². The number of nitrogens with zero attached hydrogens (tertiary/aromatic N) is 2. The summed E-state index contributed by atoms with van der Waals surface area (Å²) in [5, 5.41) is 4.06. The van der Waals surface area contributed by atoms with E-state index in [1.165, 1.54) is 6.26 Å². The lowest BCUT2D eigenvalue weighted by Gasteiger charge is -2.12. The number of nitrogens with one attached hydrogen (secondary N) is 1. The summed E-state index contributed by atoms with van der Waals surface area (Å²) < 4.78 is 25.4. The highest BCUT2D eigenvalue weighted by atomic mass is 32.2. The molecule has 36 heavy (non-hydrogen) atoms. The summed E-state index contributed by atoms with van der Waals surface area (Å²) in [4.78, 5) is 17.7. The van der Waals surface area contributed by atoms with Crippen molar-refractivity contribution >= 4 is 26.6 Å². The van der Waals surface area contributed by atoms with E-state index in [1.54, 1.807) is 30.5 Å². The Morgan fingerprint density at radius 3 is 2.22 bits per heavy atom. The van der Waals surface area contributed by atoms with Crippen LogP contribution in [0.25, 0.3) is 33.3 Å². The van der Waals surface area contributed by atoms with Crippen LogP contribution in [-0.2, 0) is 27.7 Å². The zero-order chi connectivity index (χ0) is 25.1. The number of rotatable bonds is 7. The minimum absolute atomic E-state index is 0.101. The lowest BCUT2D eigenvalue weighted by atomic mass is 10.1. The maximum Gasteiger partial charge on any atom is 0.240 e. The number of amides is 1. The first-order valence-electron chi connectivity index (χ1n) is 11.5. The van der Waals surface area contributed by atoms with Crippen LogP contribution in [0.3, 0.4) is 0 Å². The topological polar surface area (TPSA) is 81.1 Å². The molecule has 0 radical (unpaired) electrons. The molecule has 0 saturated heterocycles. The molecule has 5 rings (SSSR count). The number of aromatic nitrogens is 2. The maximum absolute atomic E-state index is 12.9. The van der Waals surface area contributed by atoms with Crippen molar-refractivity contribution in [1.29, 1.82) is 0 Å². The van der Waals surface area contributed by atoms with Crippen LogP contribution >= 0.6 is 0 Å². The molecule has 0 aliphatic heterocycles. The average Bonchev–Trinajstić information content (AvgIpc) is 3.26. The lowest BCUT2D eigenvalue weighted by Crippen LogP contribution is -2.27. The van der Waals surface area contributed by atoms with Gasteiger partial charge in [0.15, 0.2) is 9.84 Å². The van der Waals surface area contributed by atoms with Crippen molar-refractivity contribution in [3.8, 4) is 22.4 Å². The number of benzene rings is 3. The molecule has 7 heteroatoms. The summed E-state index contributed by atoms with van der Waals surface area (Å²) in [6.45, 7) is 0.508. The third-order valence-electron chi connectivity index (χ3n) is 6.09. The second kappa shape index (κ2) is 9.79. The number of fused-ring (bicyclic) bond motifs is 1. The average molecular weight is 496 g/mol. The monoisotopic (exact) mass is 495 g/mol. The Labute approximate surface area is 210 Å². The van der Waals surface area contributed by atoms with Crippen molar-refractivity contribution in [2.24, 2.45) is 0 Å². The summed E-state index contributed by atoms with van der Waals surface area (Å²) in [5.41, 5.74) is 5.55. The van der Waals surface area contributed by atoms with Gasteiger partial charge in [0.1, 0.15) is 6.54 Å². The first-order valence-corrected chi connectivity index (χ1v) is 13.4. The number of carbonyl (C=O) groups excluding carboxylic acids is 1. The Hall–Kier alpha value is -4.23. The Kier molecular flexibility index (Phi) is 6.40. The molecule has 1 amide bonds. The number of hydrogen-bond acceptors (Lipinski definition) is 4. The molecule has 1 N–H and O–H groups in total. The highest BCUT2D eigenvalue weighted by Crippen LogP contribution is 2.28. The van der Waals surface area contributed by atoms with Crippen molar-refractivity contribution in [2.75, 3.05) is 6.26 Å². The van der Waals surface area contributed by atoms with Crippen LogP contribution < -0.4 is 5.32 Å². The summed E-state index contributed by atoms with van der Waals surface area (Å²) >= 11 is 0. The molecule has 3 aromatic carbocycles. The van der Waals surface area contributed by atoms with Crippen LogP contribution in [0, 0.1) is 0 Å². The number of carbonyl (C=O) groups is 1. The smallest absolute Gasteiger partial charge is 0.240 e. The quantitative estimate of drug-likeness (QED) is 0.341. The third-order valence-corrected chi connectivity index (χ3v) is 7.22. The highest BCUT2D eigenvalue weighted by Gasteiger charge is 2.14. The van der Waals surface area contributed by atoms with Gasteiger partial charge in [-0.2, -0.15) is 0 Å². The second-order valence-electron chi connectivity index (χ2n) is 8.65. The van der Waals surface area contributed by atoms with E-state index in [1.807, 2.05) is 65.2 Å². The maximum atomic E-state index is 12.9. The van der Waals surface area contributed by atoms with Gasteiger partial charge in [0.25, 0.3) is 0 Å². The fraction of sp³-hybridized carbons (Fsp3) is 0.103. The highest BCUT2D eigenvalue weighted by molar-refractivity contribution is 7.90. The largest absolute Gasteiger partial charge is 0.349 e. The van der Waals surface area contributed by atoms with Crippen LogP contribution in [0.2, 0.25) is 0 Å². The van der Waals surface area contributed by atoms with E-state index in [9.17, 15) is 13.2 Å². The van der Waals surface area contributed by atoms with Gasteiger partial charge in [-0.05, 0) is 41.5 Å². The first-order chi connectivity index (χ1) is 17.4. The van der Waals surface area contributed by atoms with Gasteiger partial charge < -0.3 is 9.88 Å². The van der Waals surface area contributed by atoms with Crippen LogP contribution in [-0.4, -0.2) is 30.1 Å². The van der Waals surface area contributed by atoms with E-state index >= 15 is 0 Å². The van der Waals surface area contributed by atoms with E-state index in [0.29, 0.717) is 6.54 Å². The van der Waals surface area contributed by atoms with E-state index in [2.05, 4.69) is 22.4 Å². The van der Waals surface area contributed by atoms with E-state index in [-0.39, 0.29) is 17.3 Å². The molecule has 0 bridgehead atoms. The zero-order valence-corrected chi connectivity index (χ0v) is 20.6. The molecule has 0 atom stereocenters. The Morgan fingerprint density at radius 2 is 1.53 bits per heavy atom. The van der Waals surface area contributed by atoms with Gasteiger partial charge in [-0.25, -0.2) is 8.42 Å². The summed E-state index contributed by atoms with van der Waals surface area (Å²) in [7, 11) is -3.23. The molecule has 5 aromatic rings. The Bertz CT molecular complexity index is 1620. The second-order valence-corrected chi connectivity index (χ2v) is 10.7. The predicted molar refractivity (Wildman–Crippen MR) is 142 cm³/mol. The van der Waals surface area contributed by atoms with Crippen LogP contribution in [0.5, 0.6) is 0 Å². The van der Waals surface area contributed by atoms with E-state index in [0.717, 1.165) is 39.0 Å². The van der Waals surface area contributed by atoms with Crippen molar-refractivity contribution in [1.82, 2.24) is 14.9 Å². The van der Waals surface area contributed by atoms with E-state index in [4.69, 9.17) is 0 Å². The zero-order valence-electron chi connectivity index (χ0n) is 19.8. The van der Waals surface area contributed by atoms with Crippen molar-refractivity contribution in [2.45, 2.75) is 18.0 Å². The number of hydrogen-bond donors (Lipinski definition) is 1. The first kappa shape index (κ1) is 23.5. The van der Waals surface area contributed by atoms with Crippen LogP contribution in [0.1, 0.15) is 5.69 Å². The SMILES string of the molecule is CS(=O)(=O)c1ccc(-c2ccc(CNC(=O)Cn3c(-c4ccccc4)cc4ccccc43)nc2)cc1. The number of para-hydroxylation sites is 1. The minimum atomic E-state index is -3.23. The van der Waals surface area contributed by atoms with Gasteiger partial charge in [0.2, 0.25) is 5.91 Å². The molecule has 180 valence electrons. The molecule has 0 aliphatic carbocycles. The summed E-state index contributed by atoms with van der Waals surface area (Å²) in [5.74, 6) is -0.101. The van der Waals surface area contributed by atoms with Crippen LogP contribution in [0.4, 0.5) is 0 Å². The number of sulfone groups is 1. The minimum Gasteiger partial charge on any atom is -0.349 e. The van der Waals surface area contributed by atoms with Crippen molar-refractivity contribution < 1.29 is 13.2 Å². The standard InChI is InChI=1S/C29H25N3O3S/c1-36(34,35)26-15-12-21(13-16-26)24-11-14-25(30-18-24)19-31-29(33)20-32-27-10-6-5-9-23(27)17-28(32)22-7-3-2-4-8-22/h2-18H,19-20H2,1H3,(H,31,33). The van der Waals surface area contributed by atoms with Crippen LogP contribution in [0.15, 0.2) is 108 Å². The van der Waals surface area contributed by atoms with Crippen molar-refractivity contribution in [3.63, 3.8) is 0 Å². The molecule has 0 saturated carbocycles. The van der Waals surface area contributed by atoms with Crippen molar-refractivity contribution in [3.05, 3.63) is 109 Å². The molecule has 2 heterocycles. The fourth-order valence-corrected chi connectivity index (χ4v) is 4.84. The Morgan fingerprint density at radius 1 is 0.833 bits per heavy atom. The molecular weight excluding hydrogens is 470 g/mol. The molecule has 2 aromatic heterocycles. The summed E-state index contributed by atoms with van der Waals surface area (Å²) in [6, 6.07) is 30.7. The molecule has 0 unspecified atom stereocenters. The van der Waals surface area contributed by atoms with E-state index < -0.39 is 9.84 Å². The summed E-state index contributed by atoms with van der Waals surface area (Å²) in [6.07, 6.45) is 2.91. The van der Waals surface area contributed by atoms with Gasteiger partial charge in [-0.15, -0.1) is 0 Å². The predicted octanol–water partition coefficient (Wildman–Crippen LogP) is 5.09. The molecule has 0 aliphatic rings.